The Labute approximate surface area is 156 Å². The quantitative estimate of drug-likeness (QED) is 0.869. The van der Waals surface area contributed by atoms with Crippen LogP contribution < -0.4 is 9.47 Å². The Hall–Kier alpha value is -3.28. The first-order chi connectivity index (χ1) is 12.8. The van der Waals surface area contributed by atoms with Crippen molar-refractivity contribution in [3.8, 4) is 29.7 Å². The van der Waals surface area contributed by atoms with Crippen molar-refractivity contribution in [3.05, 3.63) is 23.8 Å². The molecule has 0 amide bonds. The van der Waals surface area contributed by atoms with Crippen LogP contribution in [-0.4, -0.2) is 25.9 Å². The molecule has 2 aliphatic heterocycles. The number of fused-ring (bicyclic) bond motifs is 2. The monoisotopic (exact) mass is 366 g/mol. The van der Waals surface area contributed by atoms with Crippen molar-refractivity contribution >= 4 is 5.90 Å². The molecular weight excluding hydrogens is 348 g/mol. The Morgan fingerprint density at radius 1 is 1.11 bits per heavy atom. The molecule has 0 radical (unpaired) electrons. The first-order valence-electron chi connectivity index (χ1n) is 8.22. The largest absolute Gasteiger partial charge is 0.493 e. The van der Waals surface area contributed by atoms with E-state index in [-0.39, 0.29) is 5.75 Å². The van der Waals surface area contributed by atoms with E-state index >= 15 is 0 Å². The maximum Gasteiger partial charge on any atom is 0.214 e. The maximum absolute atomic E-state index is 10.1. The Morgan fingerprint density at radius 2 is 1.78 bits per heavy atom. The zero-order valence-corrected chi connectivity index (χ0v) is 15.4. The summed E-state index contributed by atoms with van der Waals surface area (Å²) in [5, 5.41) is 38.5. The minimum Gasteiger partial charge on any atom is -0.493 e. The topological polar surface area (TPSA) is 132 Å². The highest BCUT2D eigenvalue weighted by Crippen LogP contribution is 2.67. The average Bonchev–Trinajstić information content (AvgIpc) is 2.82. The normalized spacial score (nSPS) is 33.1. The van der Waals surface area contributed by atoms with Gasteiger partial charge in [-0.1, -0.05) is 19.1 Å². The van der Waals surface area contributed by atoms with Gasteiger partial charge >= 0.3 is 0 Å². The van der Waals surface area contributed by atoms with Gasteiger partial charge in [-0.2, -0.15) is 15.8 Å². The molecule has 0 unspecified atom stereocenters. The number of benzene rings is 1. The molecule has 8 heteroatoms. The Balaban J connectivity index is 2.37. The zero-order valence-electron chi connectivity index (χ0n) is 15.4. The van der Waals surface area contributed by atoms with E-state index < -0.39 is 34.5 Å². The second-order valence-electron chi connectivity index (χ2n) is 6.70. The van der Waals surface area contributed by atoms with Gasteiger partial charge in [0.1, 0.15) is 6.10 Å². The van der Waals surface area contributed by atoms with Crippen LogP contribution >= 0.6 is 0 Å². The number of para-hydroxylation sites is 1. The number of ether oxygens (including phenoxy) is 4. The van der Waals surface area contributed by atoms with Crippen LogP contribution in [0.4, 0.5) is 0 Å². The number of rotatable bonds is 3. The minimum atomic E-state index is -2.02. The van der Waals surface area contributed by atoms with Gasteiger partial charge in [0.15, 0.2) is 16.9 Å². The predicted octanol–water partition coefficient (Wildman–Crippen LogP) is 2.68. The molecule has 0 spiro atoms. The molecule has 138 valence electrons. The third kappa shape index (κ3) is 1.95. The Bertz CT molecular complexity index is 926. The van der Waals surface area contributed by atoms with E-state index in [1.807, 2.05) is 18.2 Å². The highest BCUT2D eigenvalue weighted by molar-refractivity contribution is 5.89. The minimum absolute atomic E-state index is 0.289. The van der Waals surface area contributed by atoms with Crippen molar-refractivity contribution in [1.82, 2.24) is 0 Å². The smallest absolute Gasteiger partial charge is 0.214 e. The molecule has 1 aromatic rings. The fourth-order valence-electron chi connectivity index (χ4n) is 4.11. The third-order valence-electron chi connectivity index (χ3n) is 5.71. The summed E-state index contributed by atoms with van der Waals surface area (Å²) in [4.78, 5) is 0. The molecule has 27 heavy (non-hydrogen) atoms. The van der Waals surface area contributed by atoms with Gasteiger partial charge in [-0.3, -0.25) is 5.41 Å². The van der Waals surface area contributed by atoms with Gasteiger partial charge in [0, 0.05) is 12.5 Å². The maximum atomic E-state index is 10.1. The van der Waals surface area contributed by atoms with Gasteiger partial charge in [0.2, 0.25) is 17.1 Å². The summed E-state index contributed by atoms with van der Waals surface area (Å²) in [6, 6.07) is 11.0. The summed E-state index contributed by atoms with van der Waals surface area (Å²) in [7, 11) is 2.90. The van der Waals surface area contributed by atoms with E-state index in [1.165, 1.54) is 14.2 Å². The second kappa shape index (κ2) is 5.87. The van der Waals surface area contributed by atoms with Crippen LogP contribution in [0.25, 0.3) is 0 Å². The fraction of sp³-hybridized carbons (Fsp3) is 0.474. The predicted molar refractivity (Wildman–Crippen MR) is 91.5 cm³/mol. The van der Waals surface area contributed by atoms with Crippen molar-refractivity contribution in [2.24, 2.45) is 16.7 Å². The van der Waals surface area contributed by atoms with Crippen LogP contribution in [0.15, 0.2) is 18.2 Å². The standard InChI is InChI=1S/C19H18N4O4/c1-11-17(2)26-15(12-6-5-7-13(24-3)14(12)25-4)18(8-20,9-21)19(11,10-22)16(23)27-17/h5-7,11,15,23H,1-4H3/t11-,15-,17-,19-/m0/s1. The summed E-state index contributed by atoms with van der Waals surface area (Å²) < 4.78 is 22.4. The molecule has 0 aliphatic carbocycles. The molecule has 1 N–H and O–H groups in total. The van der Waals surface area contributed by atoms with E-state index in [1.54, 1.807) is 32.0 Å². The van der Waals surface area contributed by atoms with Crippen molar-refractivity contribution < 1.29 is 18.9 Å². The lowest BCUT2D eigenvalue weighted by atomic mass is 9.54. The number of hydrogen-bond acceptors (Lipinski definition) is 8. The van der Waals surface area contributed by atoms with Gasteiger partial charge in [-0.15, -0.1) is 0 Å². The first-order valence-corrected chi connectivity index (χ1v) is 8.22. The van der Waals surface area contributed by atoms with E-state index in [2.05, 4.69) is 0 Å². The van der Waals surface area contributed by atoms with Crippen molar-refractivity contribution in [2.45, 2.75) is 25.7 Å². The van der Waals surface area contributed by atoms with Gasteiger partial charge in [-0.25, -0.2) is 0 Å². The van der Waals surface area contributed by atoms with E-state index in [0.29, 0.717) is 11.3 Å². The first kappa shape index (κ1) is 18.5. The SMILES string of the molecule is COc1cccc([C@@H]2O[C@@]3(C)OC(=N)[C@](C#N)([C@H]3C)C2(C#N)C#N)c1OC. The molecule has 8 nitrogen and oxygen atoms in total. The van der Waals surface area contributed by atoms with Gasteiger partial charge in [0.25, 0.3) is 0 Å². The number of nitrogens with one attached hydrogen (secondary N) is 1. The summed E-state index contributed by atoms with van der Waals surface area (Å²) in [6.45, 7) is 3.25. The molecule has 1 aromatic carbocycles. The number of nitrogens with zero attached hydrogens (tertiary/aromatic N) is 3. The lowest BCUT2D eigenvalue weighted by molar-refractivity contribution is -0.269. The van der Waals surface area contributed by atoms with Crippen LogP contribution in [0, 0.1) is 56.2 Å². The molecule has 0 saturated carbocycles. The molecular formula is C19H18N4O4. The molecule has 2 saturated heterocycles. The Kier molecular flexibility index (Phi) is 4.03. The van der Waals surface area contributed by atoms with Crippen LogP contribution in [-0.2, 0) is 9.47 Å². The molecule has 2 bridgehead atoms. The van der Waals surface area contributed by atoms with Gasteiger partial charge < -0.3 is 18.9 Å². The fourth-order valence-corrected chi connectivity index (χ4v) is 4.11. The van der Waals surface area contributed by atoms with Gasteiger partial charge in [-0.05, 0) is 6.07 Å². The van der Waals surface area contributed by atoms with E-state index in [0.717, 1.165) is 0 Å². The summed E-state index contributed by atoms with van der Waals surface area (Å²) in [5.74, 6) is -1.82. The summed E-state index contributed by atoms with van der Waals surface area (Å²) in [5.41, 5.74) is -3.44. The summed E-state index contributed by atoms with van der Waals surface area (Å²) >= 11 is 0. The average molecular weight is 366 g/mol. The van der Waals surface area contributed by atoms with Crippen LogP contribution in [0.5, 0.6) is 11.5 Å². The molecule has 0 aromatic heterocycles. The molecule has 4 atom stereocenters. The second-order valence-corrected chi connectivity index (χ2v) is 6.70. The van der Waals surface area contributed by atoms with Crippen LogP contribution in [0.1, 0.15) is 25.5 Å². The number of nitriles is 3. The Morgan fingerprint density at radius 3 is 2.30 bits per heavy atom. The molecule has 2 aliphatic rings. The molecule has 2 heterocycles. The number of methoxy groups -OCH3 is 2. The van der Waals surface area contributed by atoms with Crippen LogP contribution in [0.2, 0.25) is 0 Å². The lowest BCUT2D eigenvalue weighted by Gasteiger charge is -2.47. The zero-order chi connectivity index (χ0) is 20.0. The van der Waals surface area contributed by atoms with E-state index in [9.17, 15) is 15.8 Å². The highest BCUT2D eigenvalue weighted by Gasteiger charge is 2.78. The van der Waals surface area contributed by atoms with Crippen LogP contribution in [0.3, 0.4) is 0 Å². The molecule has 2 fully saturated rings. The highest BCUT2D eigenvalue weighted by atomic mass is 16.7. The molecule has 3 rings (SSSR count). The lowest BCUT2D eigenvalue weighted by Crippen LogP contribution is -2.57. The van der Waals surface area contributed by atoms with Crippen molar-refractivity contribution in [2.75, 3.05) is 14.2 Å². The summed E-state index contributed by atoms with van der Waals surface area (Å²) in [6.07, 6.45) is -1.19. The number of hydrogen-bond donors (Lipinski definition) is 1. The van der Waals surface area contributed by atoms with Gasteiger partial charge in [0.05, 0.1) is 38.3 Å². The van der Waals surface area contributed by atoms with E-state index in [4.69, 9.17) is 24.4 Å². The van der Waals surface area contributed by atoms with Crippen molar-refractivity contribution in [3.63, 3.8) is 0 Å². The third-order valence-corrected chi connectivity index (χ3v) is 5.71. The van der Waals surface area contributed by atoms with Crippen molar-refractivity contribution in [1.29, 1.82) is 21.2 Å².